The highest BCUT2D eigenvalue weighted by Crippen LogP contribution is 2.31. The molecule has 1 aliphatic rings. The molecule has 1 aliphatic heterocycles. The zero-order valence-electron chi connectivity index (χ0n) is 9.56. The Bertz CT molecular complexity index is 328. The van der Waals surface area contributed by atoms with Crippen LogP contribution < -0.4 is 5.73 Å². The van der Waals surface area contributed by atoms with Gasteiger partial charge in [-0.05, 0) is 37.9 Å². The maximum Gasteiger partial charge on any atom is 0.0963 e. The number of rotatable bonds is 4. The summed E-state index contributed by atoms with van der Waals surface area (Å²) in [5.41, 5.74) is 6.71. The number of pyridine rings is 1. The van der Waals surface area contributed by atoms with E-state index < -0.39 is 0 Å². The highest BCUT2D eigenvalue weighted by molar-refractivity contribution is 7.99. The fourth-order valence-corrected chi connectivity index (χ4v) is 2.87. The summed E-state index contributed by atoms with van der Waals surface area (Å²) in [6.07, 6.45) is 4.30. The van der Waals surface area contributed by atoms with Crippen LogP contribution in [0.15, 0.2) is 23.4 Å². The zero-order valence-corrected chi connectivity index (χ0v) is 10.4. The standard InChI is InChI=1S/C12H18N2OS/c1-9-11(5-7-15-9)16-12-3-2-10(4-6-13)8-14-12/h2-3,8-9,11H,4-7,13H2,1H3. The number of thioether (sulfide) groups is 1. The average molecular weight is 238 g/mol. The van der Waals surface area contributed by atoms with Crippen LogP contribution >= 0.6 is 11.8 Å². The Balaban J connectivity index is 1.94. The maximum absolute atomic E-state index is 5.53. The van der Waals surface area contributed by atoms with E-state index in [0.29, 0.717) is 17.9 Å². The van der Waals surface area contributed by atoms with Crippen LogP contribution in [0.25, 0.3) is 0 Å². The smallest absolute Gasteiger partial charge is 0.0963 e. The van der Waals surface area contributed by atoms with E-state index in [-0.39, 0.29) is 0 Å². The maximum atomic E-state index is 5.53. The largest absolute Gasteiger partial charge is 0.377 e. The lowest BCUT2D eigenvalue weighted by Gasteiger charge is -2.12. The number of nitrogens with two attached hydrogens (primary N) is 1. The number of nitrogens with zero attached hydrogens (tertiary/aromatic N) is 1. The molecule has 0 aromatic carbocycles. The lowest BCUT2D eigenvalue weighted by atomic mass is 10.2. The van der Waals surface area contributed by atoms with Crippen LogP contribution in [0.4, 0.5) is 0 Å². The van der Waals surface area contributed by atoms with Gasteiger partial charge in [-0.15, -0.1) is 11.8 Å². The summed E-state index contributed by atoms with van der Waals surface area (Å²) in [4.78, 5) is 4.45. The van der Waals surface area contributed by atoms with Gasteiger partial charge in [0.15, 0.2) is 0 Å². The predicted molar refractivity (Wildman–Crippen MR) is 66.7 cm³/mol. The second-order valence-corrected chi connectivity index (χ2v) is 5.32. The van der Waals surface area contributed by atoms with E-state index >= 15 is 0 Å². The van der Waals surface area contributed by atoms with Crippen molar-refractivity contribution in [3.8, 4) is 0 Å². The first kappa shape index (κ1) is 11.9. The molecule has 88 valence electrons. The number of ether oxygens (including phenoxy) is 1. The van der Waals surface area contributed by atoms with Crippen molar-refractivity contribution in [1.29, 1.82) is 0 Å². The topological polar surface area (TPSA) is 48.1 Å². The van der Waals surface area contributed by atoms with Crippen molar-refractivity contribution in [2.24, 2.45) is 5.73 Å². The van der Waals surface area contributed by atoms with E-state index in [1.54, 1.807) is 0 Å². The molecule has 0 bridgehead atoms. The molecule has 2 rings (SSSR count). The van der Waals surface area contributed by atoms with Crippen LogP contribution in [0.5, 0.6) is 0 Å². The lowest BCUT2D eigenvalue weighted by Crippen LogP contribution is -2.13. The molecule has 1 fully saturated rings. The molecule has 0 amide bonds. The molecule has 3 nitrogen and oxygen atoms in total. The molecular formula is C12H18N2OS. The quantitative estimate of drug-likeness (QED) is 0.869. The van der Waals surface area contributed by atoms with E-state index in [1.807, 2.05) is 18.0 Å². The first-order valence-corrected chi connectivity index (χ1v) is 6.61. The van der Waals surface area contributed by atoms with Crippen molar-refractivity contribution >= 4 is 11.8 Å². The van der Waals surface area contributed by atoms with Gasteiger partial charge in [0.1, 0.15) is 0 Å². The molecule has 0 aliphatic carbocycles. The molecule has 2 atom stereocenters. The molecular weight excluding hydrogens is 220 g/mol. The van der Waals surface area contributed by atoms with Crippen molar-refractivity contribution in [3.05, 3.63) is 23.9 Å². The first-order valence-electron chi connectivity index (χ1n) is 5.73. The molecule has 2 unspecified atom stereocenters. The Morgan fingerprint density at radius 2 is 2.44 bits per heavy atom. The zero-order chi connectivity index (χ0) is 11.4. The van der Waals surface area contributed by atoms with Gasteiger partial charge in [-0.25, -0.2) is 4.98 Å². The second kappa shape index (κ2) is 5.66. The van der Waals surface area contributed by atoms with Crippen molar-refractivity contribution in [2.75, 3.05) is 13.2 Å². The Kier molecular flexibility index (Phi) is 4.21. The summed E-state index contributed by atoms with van der Waals surface area (Å²) in [7, 11) is 0. The van der Waals surface area contributed by atoms with E-state index in [2.05, 4.69) is 24.0 Å². The van der Waals surface area contributed by atoms with E-state index in [0.717, 1.165) is 24.5 Å². The molecule has 4 heteroatoms. The van der Waals surface area contributed by atoms with Crippen LogP contribution in [0.1, 0.15) is 18.9 Å². The molecule has 0 saturated carbocycles. The number of aromatic nitrogens is 1. The van der Waals surface area contributed by atoms with Gasteiger partial charge in [0, 0.05) is 18.1 Å². The minimum atomic E-state index is 0.343. The van der Waals surface area contributed by atoms with Crippen molar-refractivity contribution in [2.45, 2.75) is 36.1 Å². The van der Waals surface area contributed by atoms with Gasteiger partial charge < -0.3 is 10.5 Å². The molecule has 2 N–H and O–H groups in total. The van der Waals surface area contributed by atoms with Crippen molar-refractivity contribution in [3.63, 3.8) is 0 Å². The lowest BCUT2D eigenvalue weighted by molar-refractivity contribution is 0.127. The molecule has 0 radical (unpaired) electrons. The molecule has 16 heavy (non-hydrogen) atoms. The summed E-state index contributed by atoms with van der Waals surface area (Å²) in [5, 5.41) is 1.64. The Labute approximate surface area is 101 Å². The molecule has 1 aromatic heterocycles. The SMILES string of the molecule is CC1OCCC1Sc1ccc(CCN)cn1. The fourth-order valence-electron chi connectivity index (χ4n) is 1.82. The van der Waals surface area contributed by atoms with Crippen LogP contribution in [0.3, 0.4) is 0 Å². The van der Waals surface area contributed by atoms with Gasteiger partial charge in [0.2, 0.25) is 0 Å². The van der Waals surface area contributed by atoms with Gasteiger partial charge in [-0.1, -0.05) is 6.07 Å². The summed E-state index contributed by atoms with van der Waals surface area (Å²) >= 11 is 1.82. The Morgan fingerprint density at radius 1 is 1.56 bits per heavy atom. The van der Waals surface area contributed by atoms with Crippen LogP contribution in [-0.4, -0.2) is 29.5 Å². The summed E-state index contributed by atoms with van der Waals surface area (Å²) < 4.78 is 5.53. The van der Waals surface area contributed by atoms with Gasteiger partial charge in [0.05, 0.1) is 11.1 Å². The molecule has 0 spiro atoms. The summed E-state index contributed by atoms with van der Waals surface area (Å²) in [6.45, 7) is 3.69. The highest BCUT2D eigenvalue weighted by Gasteiger charge is 2.25. The average Bonchev–Trinajstić information content (AvgIpc) is 2.68. The van der Waals surface area contributed by atoms with Gasteiger partial charge in [-0.3, -0.25) is 0 Å². The number of hydrogen-bond acceptors (Lipinski definition) is 4. The minimum absolute atomic E-state index is 0.343. The molecule has 1 saturated heterocycles. The molecule has 2 heterocycles. The van der Waals surface area contributed by atoms with E-state index in [9.17, 15) is 0 Å². The monoisotopic (exact) mass is 238 g/mol. The Morgan fingerprint density at radius 3 is 3.00 bits per heavy atom. The van der Waals surface area contributed by atoms with Gasteiger partial charge in [-0.2, -0.15) is 0 Å². The third-order valence-electron chi connectivity index (χ3n) is 2.81. The van der Waals surface area contributed by atoms with Crippen LogP contribution in [0, 0.1) is 0 Å². The van der Waals surface area contributed by atoms with E-state index in [1.165, 1.54) is 5.56 Å². The summed E-state index contributed by atoms with van der Waals surface area (Å²) in [5.74, 6) is 0. The van der Waals surface area contributed by atoms with E-state index in [4.69, 9.17) is 10.5 Å². The van der Waals surface area contributed by atoms with Crippen LogP contribution in [-0.2, 0) is 11.2 Å². The van der Waals surface area contributed by atoms with Crippen LogP contribution in [0.2, 0.25) is 0 Å². The van der Waals surface area contributed by atoms with Crippen molar-refractivity contribution < 1.29 is 4.74 Å². The third-order valence-corrected chi connectivity index (χ3v) is 4.21. The second-order valence-electron chi connectivity index (χ2n) is 4.06. The first-order chi connectivity index (χ1) is 7.79. The minimum Gasteiger partial charge on any atom is -0.377 e. The normalized spacial score (nSPS) is 24.9. The Hall–Kier alpha value is -0.580. The van der Waals surface area contributed by atoms with Gasteiger partial charge in [0.25, 0.3) is 0 Å². The predicted octanol–water partition coefficient (Wildman–Crippen LogP) is 1.85. The van der Waals surface area contributed by atoms with Gasteiger partial charge >= 0.3 is 0 Å². The number of hydrogen-bond donors (Lipinski definition) is 1. The highest BCUT2D eigenvalue weighted by atomic mass is 32.2. The molecule has 1 aromatic rings. The third kappa shape index (κ3) is 2.97. The van der Waals surface area contributed by atoms with Crippen molar-refractivity contribution in [1.82, 2.24) is 4.98 Å². The fraction of sp³-hybridized carbons (Fsp3) is 0.583. The summed E-state index contributed by atoms with van der Waals surface area (Å²) in [6, 6.07) is 4.20.